The summed E-state index contributed by atoms with van der Waals surface area (Å²) in [6.45, 7) is 6.99. The molecule has 0 fully saturated rings. The van der Waals surface area contributed by atoms with Crippen LogP contribution in [0.2, 0.25) is 0 Å². The maximum absolute atomic E-state index is 13.7. The van der Waals surface area contributed by atoms with E-state index >= 15 is 0 Å². The molecule has 0 unspecified atom stereocenters. The van der Waals surface area contributed by atoms with Crippen molar-refractivity contribution in [2.75, 3.05) is 6.54 Å². The summed E-state index contributed by atoms with van der Waals surface area (Å²) in [6.07, 6.45) is -0.0932. The van der Waals surface area contributed by atoms with Crippen molar-refractivity contribution in [2.24, 2.45) is 0 Å². The molecule has 0 spiro atoms. The maximum atomic E-state index is 13.7. The smallest absolute Gasteiger partial charge is 0.227 e. The zero-order chi connectivity index (χ0) is 17.4. The summed E-state index contributed by atoms with van der Waals surface area (Å²) in [5.41, 5.74) is 0.198. The lowest BCUT2D eigenvalue weighted by Crippen LogP contribution is -2.41. The maximum Gasteiger partial charge on any atom is 0.227 e. The lowest BCUT2D eigenvalue weighted by Gasteiger charge is -2.33. The molecule has 24 heavy (non-hydrogen) atoms. The van der Waals surface area contributed by atoms with Crippen molar-refractivity contribution < 1.29 is 13.6 Å². The molecule has 7 heteroatoms. The van der Waals surface area contributed by atoms with Crippen LogP contribution in [0.3, 0.4) is 0 Å². The molecule has 1 atom stereocenters. The van der Waals surface area contributed by atoms with Gasteiger partial charge in [-0.05, 0) is 18.6 Å². The summed E-state index contributed by atoms with van der Waals surface area (Å²) < 4.78 is 28.8. The Bertz CT molecular complexity index is 772. The van der Waals surface area contributed by atoms with E-state index in [0.717, 1.165) is 23.8 Å². The van der Waals surface area contributed by atoms with Gasteiger partial charge in [-0.3, -0.25) is 4.79 Å². The fraction of sp³-hybridized carbons (Fsp3) is 0.471. The van der Waals surface area contributed by atoms with Crippen LogP contribution in [0.1, 0.15) is 49.9 Å². The van der Waals surface area contributed by atoms with Gasteiger partial charge in [-0.15, -0.1) is 10.2 Å². The van der Waals surface area contributed by atoms with Gasteiger partial charge >= 0.3 is 0 Å². The number of halogens is 2. The summed E-state index contributed by atoms with van der Waals surface area (Å²) >= 11 is 0. The van der Waals surface area contributed by atoms with E-state index in [2.05, 4.69) is 28.6 Å². The molecule has 0 saturated carbocycles. The molecular formula is C17H20F2N4O. The zero-order valence-electron chi connectivity index (χ0n) is 14.0. The van der Waals surface area contributed by atoms with Gasteiger partial charge in [-0.25, -0.2) is 8.78 Å². The number of hydrogen-bond donors (Lipinski definition) is 0. The molecule has 1 aliphatic rings. The molecule has 5 nitrogen and oxygen atoms in total. The van der Waals surface area contributed by atoms with Crippen LogP contribution in [-0.2, 0) is 17.8 Å². The average Bonchev–Trinajstić information content (AvgIpc) is 2.94. The topological polar surface area (TPSA) is 51.0 Å². The van der Waals surface area contributed by atoms with E-state index in [1.165, 1.54) is 6.07 Å². The monoisotopic (exact) mass is 334 g/mol. The minimum Gasteiger partial charge on any atom is -0.333 e. The first kappa shape index (κ1) is 16.5. The zero-order valence-corrected chi connectivity index (χ0v) is 14.0. The van der Waals surface area contributed by atoms with E-state index < -0.39 is 11.6 Å². The van der Waals surface area contributed by atoms with Crippen molar-refractivity contribution in [2.45, 2.75) is 45.7 Å². The lowest BCUT2D eigenvalue weighted by molar-refractivity contribution is -0.132. The molecule has 0 bridgehead atoms. The molecule has 2 aromatic rings. The molecule has 0 N–H and O–H groups in total. The highest BCUT2D eigenvalue weighted by Gasteiger charge is 2.30. The highest BCUT2D eigenvalue weighted by molar-refractivity contribution is 5.79. The van der Waals surface area contributed by atoms with Crippen LogP contribution in [0.4, 0.5) is 8.78 Å². The normalized spacial score (nSPS) is 17.2. The quantitative estimate of drug-likeness (QED) is 0.867. The number of hydrogen-bond acceptors (Lipinski definition) is 3. The Morgan fingerprint density at radius 1 is 1.33 bits per heavy atom. The van der Waals surface area contributed by atoms with E-state index in [-0.39, 0.29) is 29.9 Å². The minimum atomic E-state index is -0.696. The summed E-state index contributed by atoms with van der Waals surface area (Å²) in [4.78, 5) is 14.2. The second-order valence-electron chi connectivity index (χ2n) is 6.53. The fourth-order valence-corrected chi connectivity index (χ4v) is 3.08. The molecular weight excluding hydrogens is 314 g/mol. The first-order valence-electron chi connectivity index (χ1n) is 8.02. The van der Waals surface area contributed by atoms with Crippen LogP contribution in [0.5, 0.6) is 0 Å². The Kier molecular flexibility index (Phi) is 4.34. The number of nitrogens with zero attached hydrogens (tertiary/aromatic N) is 4. The molecule has 1 aliphatic heterocycles. The molecule has 0 radical (unpaired) electrons. The number of carbonyl (C=O) groups excluding carboxylic acids is 1. The van der Waals surface area contributed by atoms with Crippen LogP contribution >= 0.6 is 0 Å². The van der Waals surface area contributed by atoms with Gasteiger partial charge in [-0.2, -0.15) is 0 Å². The van der Waals surface area contributed by atoms with Crippen molar-refractivity contribution in [3.05, 3.63) is 47.0 Å². The third-order valence-electron chi connectivity index (χ3n) is 4.28. The molecule has 128 valence electrons. The number of fused-ring (bicyclic) bond motifs is 1. The Hall–Kier alpha value is -2.31. The third kappa shape index (κ3) is 3.02. The first-order chi connectivity index (χ1) is 11.4. The number of rotatable bonds is 3. The van der Waals surface area contributed by atoms with Gasteiger partial charge in [0.05, 0.1) is 19.0 Å². The molecule has 2 heterocycles. The second kappa shape index (κ2) is 6.30. The van der Waals surface area contributed by atoms with Gasteiger partial charge in [0.15, 0.2) is 5.82 Å². The summed E-state index contributed by atoms with van der Waals surface area (Å²) in [7, 11) is 0. The van der Waals surface area contributed by atoms with Crippen molar-refractivity contribution in [1.82, 2.24) is 19.7 Å². The number of amides is 1. The van der Waals surface area contributed by atoms with Crippen molar-refractivity contribution in [3.8, 4) is 0 Å². The Labute approximate surface area is 139 Å². The standard InChI is InChI=1S/C17H20F2N4O/c1-10(2)17-21-20-15-9-22(8-11(3)23(15)17)16(24)6-12-4-5-13(18)7-14(12)19/h4-5,7,10-11H,6,8-9H2,1-3H3/t11-/m0/s1. The summed E-state index contributed by atoms with van der Waals surface area (Å²) in [6, 6.07) is 3.33. The van der Waals surface area contributed by atoms with E-state index in [0.29, 0.717) is 13.1 Å². The van der Waals surface area contributed by atoms with E-state index in [1.54, 1.807) is 4.90 Å². The van der Waals surface area contributed by atoms with E-state index in [9.17, 15) is 13.6 Å². The highest BCUT2D eigenvalue weighted by atomic mass is 19.1. The van der Waals surface area contributed by atoms with Crippen LogP contribution < -0.4 is 0 Å². The van der Waals surface area contributed by atoms with Gasteiger partial charge in [0.25, 0.3) is 0 Å². The molecule has 1 amide bonds. The molecule has 1 aromatic heterocycles. The highest BCUT2D eigenvalue weighted by Crippen LogP contribution is 2.25. The average molecular weight is 334 g/mol. The van der Waals surface area contributed by atoms with Gasteiger partial charge in [0.1, 0.15) is 17.5 Å². The van der Waals surface area contributed by atoms with Crippen molar-refractivity contribution in [3.63, 3.8) is 0 Å². The predicted molar refractivity (Wildman–Crippen MR) is 84.3 cm³/mol. The Morgan fingerprint density at radius 2 is 2.08 bits per heavy atom. The Balaban J connectivity index is 1.77. The van der Waals surface area contributed by atoms with Crippen molar-refractivity contribution in [1.29, 1.82) is 0 Å². The predicted octanol–water partition coefficient (Wildman–Crippen LogP) is 2.83. The molecule has 3 rings (SSSR count). The second-order valence-corrected chi connectivity index (χ2v) is 6.53. The summed E-state index contributed by atoms with van der Waals surface area (Å²) in [5.74, 6) is 0.361. The van der Waals surface area contributed by atoms with E-state index in [4.69, 9.17) is 0 Å². The van der Waals surface area contributed by atoms with E-state index in [1.807, 2.05) is 6.92 Å². The fourth-order valence-electron chi connectivity index (χ4n) is 3.08. The van der Waals surface area contributed by atoms with Gasteiger partial charge in [0.2, 0.25) is 5.91 Å². The molecule has 0 saturated heterocycles. The number of carbonyl (C=O) groups is 1. The number of aromatic nitrogens is 3. The Morgan fingerprint density at radius 3 is 2.75 bits per heavy atom. The first-order valence-corrected chi connectivity index (χ1v) is 8.02. The lowest BCUT2D eigenvalue weighted by atomic mass is 10.1. The van der Waals surface area contributed by atoms with Crippen LogP contribution in [0.25, 0.3) is 0 Å². The SMILES string of the molecule is CC(C)c1nnc2n1[C@@H](C)CN(C(=O)Cc1ccc(F)cc1F)C2. The number of benzene rings is 1. The third-order valence-corrected chi connectivity index (χ3v) is 4.28. The van der Waals surface area contributed by atoms with Gasteiger partial charge in [0, 0.05) is 18.5 Å². The van der Waals surface area contributed by atoms with Crippen LogP contribution in [0, 0.1) is 11.6 Å². The molecule has 1 aromatic carbocycles. The minimum absolute atomic E-state index is 0.0585. The largest absolute Gasteiger partial charge is 0.333 e. The van der Waals surface area contributed by atoms with Gasteiger partial charge < -0.3 is 9.47 Å². The molecule has 0 aliphatic carbocycles. The van der Waals surface area contributed by atoms with Crippen LogP contribution in [-0.4, -0.2) is 32.1 Å². The summed E-state index contributed by atoms with van der Waals surface area (Å²) in [5, 5.41) is 8.42. The van der Waals surface area contributed by atoms with Gasteiger partial charge in [-0.1, -0.05) is 19.9 Å². The van der Waals surface area contributed by atoms with Crippen molar-refractivity contribution >= 4 is 5.91 Å². The van der Waals surface area contributed by atoms with Crippen LogP contribution in [0.15, 0.2) is 18.2 Å².